The fourth-order valence-corrected chi connectivity index (χ4v) is 1.47. The van der Waals surface area contributed by atoms with Crippen molar-refractivity contribution in [1.82, 2.24) is 5.32 Å². The first kappa shape index (κ1) is 14.8. The van der Waals surface area contributed by atoms with Crippen molar-refractivity contribution in [2.75, 3.05) is 26.0 Å². The molecule has 104 valence electrons. The van der Waals surface area contributed by atoms with E-state index >= 15 is 0 Å². The van der Waals surface area contributed by atoms with Crippen LogP contribution in [0.2, 0.25) is 0 Å². The van der Waals surface area contributed by atoms with E-state index < -0.39 is 0 Å². The number of nitrogens with one attached hydrogen (secondary N) is 1. The molecule has 0 aliphatic rings. The quantitative estimate of drug-likeness (QED) is 0.591. The maximum atomic E-state index is 11.9. The summed E-state index contributed by atoms with van der Waals surface area (Å²) < 4.78 is 9.78. The number of carbonyl (C=O) groups excluding carboxylic acids is 2. The van der Waals surface area contributed by atoms with E-state index in [0.29, 0.717) is 23.6 Å². The Morgan fingerprint density at radius 2 is 2.11 bits per heavy atom. The third-order valence-corrected chi connectivity index (χ3v) is 2.43. The molecule has 3 N–H and O–H groups in total. The lowest BCUT2D eigenvalue weighted by Gasteiger charge is -2.09. The summed E-state index contributed by atoms with van der Waals surface area (Å²) in [4.78, 5) is 23.0. The average Bonchev–Trinajstić information content (AvgIpc) is 2.39. The van der Waals surface area contributed by atoms with Gasteiger partial charge in [0, 0.05) is 12.2 Å². The van der Waals surface area contributed by atoms with Gasteiger partial charge in [-0.15, -0.1) is 0 Å². The summed E-state index contributed by atoms with van der Waals surface area (Å²) in [6.07, 6.45) is 0.128. The van der Waals surface area contributed by atoms with Crippen LogP contribution < -0.4 is 15.8 Å². The van der Waals surface area contributed by atoms with Gasteiger partial charge >= 0.3 is 5.97 Å². The van der Waals surface area contributed by atoms with Crippen molar-refractivity contribution < 1.29 is 19.1 Å². The van der Waals surface area contributed by atoms with Crippen LogP contribution in [0.3, 0.4) is 0 Å². The largest absolute Gasteiger partial charge is 0.497 e. The molecular weight excluding hydrogens is 248 g/mol. The summed E-state index contributed by atoms with van der Waals surface area (Å²) in [5.74, 6) is -0.146. The van der Waals surface area contributed by atoms with E-state index in [1.54, 1.807) is 25.1 Å². The number of methoxy groups -OCH3 is 1. The van der Waals surface area contributed by atoms with Crippen LogP contribution in [0.1, 0.15) is 23.7 Å². The maximum Gasteiger partial charge on any atom is 0.307 e. The van der Waals surface area contributed by atoms with Crippen molar-refractivity contribution in [3.63, 3.8) is 0 Å². The van der Waals surface area contributed by atoms with Crippen molar-refractivity contribution >= 4 is 17.6 Å². The van der Waals surface area contributed by atoms with E-state index in [1.165, 1.54) is 7.11 Å². The number of hydrogen-bond acceptors (Lipinski definition) is 5. The van der Waals surface area contributed by atoms with E-state index in [0.717, 1.165) is 0 Å². The van der Waals surface area contributed by atoms with Gasteiger partial charge in [-0.1, -0.05) is 0 Å². The second-order valence-corrected chi connectivity index (χ2v) is 3.76. The minimum atomic E-state index is -0.347. The van der Waals surface area contributed by atoms with Crippen molar-refractivity contribution in [3.8, 4) is 5.75 Å². The van der Waals surface area contributed by atoms with E-state index in [-0.39, 0.29) is 24.8 Å². The smallest absolute Gasteiger partial charge is 0.307 e. The molecule has 0 saturated carbocycles. The Morgan fingerprint density at radius 3 is 2.74 bits per heavy atom. The molecule has 0 aromatic heterocycles. The molecule has 0 radical (unpaired) electrons. The Morgan fingerprint density at radius 1 is 1.37 bits per heavy atom. The molecule has 0 bridgehead atoms. The minimum Gasteiger partial charge on any atom is -0.497 e. The first-order chi connectivity index (χ1) is 9.08. The number of anilines is 1. The molecule has 1 aromatic rings. The summed E-state index contributed by atoms with van der Waals surface area (Å²) in [5, 5.41) is 2.61. The minimum absolute atomic E-state index is 0.128. The highest BCUT2D eigenvalue weighted by atomic mass is 16.5. The van der Waals surface area contributed by atoms with Crippen LogP contribution in [0.25, 0.3) is 0 Å². The molecule has 6 heteroatoms. The summed E-state index contributed by atoms with van der Waals surface area (Å²) in [6, 6.07) is 4.82. The summed E-state index contributed by atoms with van der Waals surface area (Å²) in [6.45, 7) is 2.26. The Labute approximate surface area is 111 Å². The highest BCUT2D eigenvalue weighted by Crippen LogP contribution is 2.19. The molecule has 6 nitrogen and oxygen atoms in total. The van der Waals surface area contributed by atoms with Crippen LogP contribution in [0.4, 0.5) is 5.69 Å². The Kier molecular flexibility index (Phi) is 5.66. The lowest BCUT2D eigenvalue weighted by molar-refractivity contribution is -0.142. The third-order valence-electron chi connectivity index (χ3n) is 2.43. The van der Waals surface area contributed by atoms with Gasteiger partial charge in [-0.05, 0) is 25.1 Å². The van der Waals surface area contributed by atoms with Gasteiger partial charge in [0.05, 0.1) is 25.7 Å². The van der Waals surface area contributed by atoms with Crippen molar-refractivity contribution in [2.24, 2.45) is 0 Å². The first-order valence-corrected chi connectivity index (χ1v) is 5.95. The highest BCUT2D eigenvalue weighted by molar-refractivity contribution is 5.99. The second-order valence-electron chi connectivity index (χ2n) is 3.76. The molecule has 0 atom stereocenters. The molecule has 1 amide bonds. The van der Waals surface area contributed by atoms with Crippen molar-refractivity contribution in [2.45, 2.75) is 13.3 Å². The molecule has 0 saturated heterocycles. The van der Waals surface area contributed by atoms with E-state index in [2.05, 4.69) is 5.32 Å². The number of amides is 1. The summed E-state index contributed by atoms with van der Waals surface area (Å²) in [7, 11) is 1.51. The second kappa shape index (κ2) is 7.25. The monoisotopic (exact) mass is 266 g/mol. The maximum absolute atomic E-state index is 11.9. The van der Waals surface area contributed by atoms with E-state index in [4.69, 9.17) is 15.2 Å². The molecule has 1 aromatic carbocycles. The van der Waals surface area contributed by atoms with Crippen molar-refractivity contribution in [3.05, 3.63) is 23.8 Å². The third kappa shape index (κ3) is 4.50. The Balaban J connectivity index is 2.56. The van der Waals surface area contributed by atoms with Gasteiger partial charge in [0.25, 0.3) is 5.91 Å². The Hall–Kier alpha value is -2.24. The van der Waals surface area contributed by atoms with Gasteiger partial charge in [0.15, 0.2) is 0 Å². The average molecular weight is 266 g/mol. The molecule has 0 heterocycles. The predicted molar refractivity (Wildman–Crippen MR) is 71.0 cm³/mol. The lowest BCUT2D eigenvalue weighted by Crippen LogP contribution is -2.27. The normalized spacial score (nSPS) is 9.79. The summed E-state index contributed by atoms with van der Waals surface area (Å²) >= 11 is 0. The van der Waals surface area contributed by atoms with Crippen LogP contribution in [0.15, 0.2) is 18.2 Å². The van der Waals surface area contributed by atoms with Gasteiger partial charge in [0.2, 0.25) is 0 Å². The van der Waals surface area contributed by atoms with E-state index in [1.807, 2.05) is 0 Å². The van der Waals surface area contributed by atoms with Crippen LogP contribution in [0, 0.1) is 0 Å². The molecule has 1 rings (SSSR count). The van der Waals surface area contributed by atoms with Crippen molar-refractivity contribution in [1.29, 1.82) is 0 Å². The molecular formula is C13H18N2O4. The molecule has 0 spiro atoms. The van der Waals surface area contributed by atoms with Gasteiger partial charge in [0.1, 0.15) is 5.75 Å². The van der Waals surface area contributed by atoms with Gasteiger partial charge in [-0.2, -0.15) is 0 Å². The molecule has 0 fully saturated rings. The standard InChI is InChI=1S/C13H18N2O4/c1-3-19-12(16)6-7-15-13(17)10-8-9(18-2)4-5-11(10)14/h4-5,8H,3,6-7,14H2,1-2H3,(H,15,17). The van der Waals surface area contributed by atoms with Gasteiger partial charge < -0.3 is 20.5 Å². The van der Waals surface area contributed by atoms with E-state index in [9.17, 15) is 9.59 Å². The van der Waals surface area contributed by atoms with Gasteiger partial charge in [-0.25, -0.2) is 0 Å². The van der Waals surface area contributed by atoms with Crippen LogP contribution in [-0.2, 0) is 9.53 Å². The number of hydrogen-bond donors (Lipinski definition) is 2. The number of benzene rings is 1. The number of ether oxygens (including phenoxy) is 2. The molecule has 0 aliphatic carbocycles. The van der Waals surface area contributed by atoms with Crippen LogP contribution >= 0.6 is 0 Å². The summed E-state index contributed by atoms with van der Waals surface area (Å²) in [5.41, 5.74) is 6.39. The fourth-order valence-electron chi connectivity index (χ4n) is 1.47. The predicted octanol–water partition coefficient (Wildman–Crippen LogP) is 0.960. The zero-order valence-corrected chi connectivity index (χ0v) is 11.1. The van der Waals surface area contributed by atoms with Gasteiger partial charge in [-0.3, -0.25) is 9.59 Å². The Bertz CT molecular complexity index is 460. The number of rotatable bonds is 6. The zero-order valence-electron chi connectivity index (χ0n) is 11.1. The van der Waals surface area contributed by atoms with Crippen LogP contribution in [-0.4, -0.2) is 32.1 Å². The number of carbonyl (C=O) groups is 2. The lowest BCUT2D eigenvalue weighted by atomic mass is 10.1. The molecule has 19 heavy (non-hydrogen) atoms. The topological polar surface area (TPSA) is 90.6 Å². The number of nitrogen functional groups attached to an aromatic ring is 1. The SMILES string of the molecule is CCOC(=O)CCNC(=O)c1cc(OC)ccc1N. The number of esters is 1. The zero-order chi connectivity index (χ0) is 14.3. The molecule has 0 unspecified atom stereocenters. The highest BCUT2D eigenvalue weighted by Gasteiger charge is 2.11. The van der Waals surface area contributed by atoms with Crippen LogP contribution in [0.5, 0.6) is 5.75 Å². The first-order valence-electron chi connectivity index (χ1n) is 5.95. The number of nitrogens with two attached hydrogens (primary N) is 1. The molecule has 0 aliphatic heterocycles. The fraction of sp³-hybridized carbons (Fsp3) is 0.385.